The van der Waals surface area contributed by atoms with Crippen molar-refractivity contribution in [2.24, 2.45) is 0 Å². The first kappa shape index (κ1) is 13.0. The molecule has 1 aliphatic heterocycles. The second kappa shape index (κ2) is 4.35. The normalized spacial score (nSPS) is 14.6. The molecule has 0 atom stereocenters. The van der Waals surface area contributed by atoms with Crippen LogP contribution < -0.4 is 5.73 Å². The summed E-state index contributed by atoms with van der Waals surface area (Å²) in [5.74, 6) is 0. The zero-order valence-corrected chi connectivity index (χ0v) is 11.5. The number of nitrogens with two attached hydrogens (primary N) is 1. The van der Waals surface area contributed by atoms with E-state index in [1.165, 1.54) is 0 Å². The second-order valence-electron chi connectivity index (χ2n) is 5.48. The molecule has 1 aromatic rings. The predicted molar refractivity (Wildman–Crippen MR) is 71.3 cm³/mol. The van der Waals surface area contributed by atoms with Crippen molar-refractivity contribution < 1.29 is 9.53 Å². The van der Waals surface area contributed by atoms with Crippen molar-refractivity contribution in [3.63, 3.8) is 0 Å². The van der Waals surface area contributed by atoms with Crippen molar-refractivity contribution in [3.8, 4) is 0 Å². The third-order valence-corrected chi connectivity index (χ3v) is 3.02. The summed E-state index contributed by atoms with van der Waals surface area (Å²) in [6, 6.07) is 3.64. The number of hydrogen-bond acceptors (Lipinski definition) is 3. The molecule has 0 saturated carbocycles. The minimum absolute atomic E-state index is 0.312. The largest absolute Gasteiger partial charge is 0.444 e. The van der Waals surface area contributed by atoms with Crippen LogP contribution in [0.5, 0.6) is 0 Å². The Morgan fingerprint density at radius 1 is 1.33 bits per heavy atom. The Morgan fingerprint density at radius 2 is 1.89 bits per heavy atom. The number of rotatable bonds is 0. The van der Waals surface area contributed by atoms with E-state index in [4.69, 9.17) is 22.1 Å². The van der Waals surface area contributed by atoms with Crippen LogP contribution in [-0.2, 0) is 17.8 Å². The minimum atomic E-state index is -0.484. The Bertz CT molecular complexity index is 463. The number of hydrogen-bond donors (Lipinski definition) is 1. The van der Waals surface area contributed by atoms with E-state index in [0.29, 0.717) is 23.8 Å². The standard InChI is InChI=1S/C13H17ClN2O2/c1-13(2,3)18-12(17)16-6-8-4-10(14)11(15)5-9(8)7-16/h4-5H,6-7,15H2,1-3H3. The average molecular weight is 269 g/mol. The van der Waals surface area contributed by atoms with Gasteiger partial charge in [0.25, 0.3) is 0 Å². The maximum Gasteiger partial charge on any atom is 0.410 e. The Balaban J connectivity index is 2.13. The first-order valence-corrected chi connectivity index (χ1v) is 6.19. The minimum Gasteiger partial charge on any atom is -0.444 e. The van der Waals surface area contributed by atoms with Gasteiger partial charge in [-0.1, -0.05) is 11.6 Å². The van der Waals surface area contributed by atoms with Gasteiger partial charge < -0.3 is 10.5 Å². The van der Waals surface area contributed by atoms with Gasteiger partial charge in [0.1, 0.15) is 5.60 Å². The van der Waals surface area contributed by atoms with Crippen LogP contribution in [0.3, 0.4) is 0 Å². The molecule has 1 amide bonds. The van der Waals surface area contributed by atoms with E-state index < -0.39 is 5.60 Å². The lowest BCUT2D eigenvalue weighted by Crippen LogP contribution is -2.33. The molecule has 18 heavy (non-hydrogen) atoms. The van der Waals surface area contributed by atoms with Gasteiger partial charge in [-0.15, -0.1) is 0 Å². The summed E-state index contributed by atoms with van der Waals surface area (Å²) in [7, 11) is 0. The van der Waals surface area contributed by atoms with Gasteiger partial charge in [0.2, 0.25) is 0 Å². The number of benzene rings is 1. The van der Waals surface area contributed by atoms with E-state index in [1.54, 1.807) is 4.90 Å². The van der Waals surface area contributed by atoms with Crippen molar-refractivity contribution >= 4 is 23.4 Å². The van der Waals surface area contributed by atoms with E-state index in [2.05, 4.69) is 0 Å². The van der Waals surface area contributed by atoms with Crippen molar-refractivity contribution in [1.29, 1.82) is 0 Å². The molecule has 2 rings (SSSR count). The first-order chi connectivity index (χ1) is 8.26. The van der Waals surface area contributed by atoms with E-state index in [9.17, 15) is 4.79 Å². The average Bonchev–Trinajstić information content (AvgIpc) is 2.59. The summed E-state index contributed by atoms with van der Waals surface area (Å²) in [5.41, 5.74) is 7.87. The number of nitrogens with zero attached hydrogens (tertiary/aromatic N) is 1. The fourth-order valence-corrected chi connectivity index (χ4v) is 2.08. The van der Waals surface area contributed by atoms with Gasteiger partial charge >= 0.3 is 6.09 Å². The number of nitrogen functional groups attached to an aromatic ring is 1. The van der Waals surface area contributed by atoms with Gasteiger partial charge in [-0.25, -0.2) is 4.79 Å². The highest BCUT2D eigenvalue weighted by Gasteiger charge is 2.28. The topological polar surface area (TPSA) is 55.6 Å². The Labute approximate surface area is 112 Å². The van der Waals surface area contributed by atoms with Crippen LogP contribution in [0.15, 0.2) is 12.1 Å². The Morgan fingerprint density at radius 3 is 2.44 bits per heavy atom. The third kappa shape index (κ3) is 2.70. The van der Waals surface area contributed by atoms with Gasteiger partial charge in [0.05, 0.1) is 10.7 Å². The van der Waals surface area contributed by atoms with Gasteiger partial charge in [-0.05, 0) is 44.0 Å². The van der Waals surface area contributed by atoms with Crippen LogP contribution in [0.25, 0.3) is 0 Å². The molecule has 2 N–H and O–H groups in total. The lowest BCUT2D eigenvalue weighted by Gasteiger charge is -2.24. The zero-order chi connectivity index (χ0) is 13.5. The van der Waals surface area contributed by atoms with Gasteiger partial charge in [0.15, 0.2) is 0 Å². The zero-order valence-electron chi connectivity index (χ0n) is 10.8. The molecule has 1 aliphatic rings. The Hall–Kier alpha value is -1.42. The van der Waals surface area contributed by atoms with Crippen LogP contribution in [0.4, 0.5) is 10.5 Å². The highest BCUT2D eigenvalue weighted by molar-refractivity contribution is 6.33. The van der Waals surface area contributed by atoms with Crippen molar-refractivity contribution in [1.82, 2.24) is 4.90 Å². The number of carbonyl (C=O) groups excluding carboxylic acids is 1. The van der Waals surface area contributed by atoms with Crippen LogP contribution in [0.2, 0.25) is 5.02 Å². The monoisotopic (exact) mass is 268 g/mol. The van der Waals surface area contributed by atoms with E-state index in [0.717, 1.165) is 11.1 Å². The number of halogens is 1. The van der Waals surface area contributed by atoms with E-state index >= 15 is 0 Å². The lowest BCUT2D eigenvalue weighted by molar-refractivity contribution is 0.0242. The first-order valence-electron chi connectivity index (χ1n) is 5.81. The molecule has 0 fully saturated rings. The summed E-state index contributed by atoms with van der Waals surface area (Å²) < 4.78 is 5.34. The number of ether oxygens (including phenoxy) is 1. The smallest absolute Gasteiger partial charge is 0.410 e. The molecule has 0 radical (unpaired) electrons. The Kier molecular flexibility index (Phi) is 3.15. The van der Waals surface area contributed by atoms with Gasteiger partial charge in [0, 0.05) is 13.1 Å². The second-order valence-corrected chi connectivity index (χ2v) is 5.89. The molecule has 0 bridgehead atoms. The quantitative estimate of drug-likeness (QED) is 0.735. The molecule has 0 saturated heterocycles. The summed E-state index contributed by atoms with van der Waals surface area (Å²) >= 11 is 5.97. The summed E-state index contributed by atoms with van der Waals surface area (Å²) in [4.78, 5) is 13.6. The number of amides is 1. The molecule has 98 valence electrons. The van der Waals surface area contributed by atoms with Crippen molar-refractivity contribution in [3.05, 3.63) is 28.3 Å². The van der Waals surface area contributed by atoms with Crippen molar-refractivity contribution in [2.45, 2.75) is 39.5 Å². The van der Waals surface area contributed by atoms with E-state index in [1.807, 2.05) is 32.9 Å². The molecule has 5 heteroatoms. The molecule has 0 aromatic heterocycles. The van der Waals surface area contributed by atoms with Crippen molar-refractivity contribution in [2.75, 3.05) is 5.73 Å². The van der Waals surface area contributed by atoms with E-state index in [-0.39, 0.29) is 6.09 Å². The maximum atomic E-state index is 11.9. The molecular formula is C13H17ClN2O2. The maximum absolute atomic E-state index is 11.9. The fourth-order valence-electron chi connectivity index (χ4n) is 1.90. The molecule has 0 aliphatic carbocycles. The molecule has 1 heterocycles. The summed E-state index contributed by atoms with van der Waals surface area (Å²) in [6.07, 6.45) is -0.312. The molecular weight excluding hydrogens is 252 g/mol. The summed E-state index contributed by atoms with van der Waals surface area (Å²) in [5, 5.41) is 0.528. The number of anilines is 1. The van der Waals surface area contributed by atoms with Crippen LogP contribution in [-0.4, -0.2) is 16.6 Å². The van der Waals surface area contributed by atoms with Gasteiger partial charge in [-0.2, -0.15) is 0 Å². The van der Waals surface area contributed by atoms with Gasteiger partial charge in [-0.3, -0.25) is 4.90 Å². The highest BCUT2D eigenvalue weighted by atomic mass is 35.5. The van der Waals surface area contributed by atoms with Crippen LogP contribution in [0, 0.1) is 0 Å². The molecule has 4 nitrogen and oxygen atoms in total. The number of fused-ring (bicyclic) bond motifs is 1. The lowest BCUT2D eigenvalue weighted by atomic mass is 10.1. The third-order valence-electron chi connectivity index (χ3n) is 2.69. The van der Waals surface area contributed by atoms with Crippen LogP contribution >= 0.6 is 11.6 Å². The number of carbonyl (C=O) groups is 1. The fraction of sp³-hybridized carbons (Fsp3) is 0.462. The molecule has 0 spiro atoms. The highest BCUT2D eigenvalue weighted by Crippen LogP contribution is 2.30. The predicted octanol–water partition coefficient (Wildman–Crippen LogP) is 3.17. The molecule has 0 unspecified atom stereocenters. The SMILES string of the molecule is CC(C)(C)OC(=O)N1Cc2cc(N)c(Cl)cc2C1. The van der Waals surface area contributed by atoms with Crippen LogP contribution in [0.1, 0.15) is 31.9 Å². The summed E-state index contributed by atoms with van der Waals surface area (Å²) in [6.45, 7) is 6.59. The molecule has 1 aromatic carbocycles.